The van der Waals surface area contributed by atoms with Crippen molar-refractivity contribution in [2.24, 2.45) is 0 Å². The maximum absolute atomic E-state index is 4.91. The van der Waals surface area contributed by atoms with Gasteiger partial charge in [-0.15, -0.1) is 0 Å². The number of H-pyrrole nitrogens is 2. The molecule has 31 heavy (non-hydrogen) atoms. The molecule has 2 N–H and O–H groups in total. The molecule has 0 aliphatic carbocycles. The average molecular weight is 403 g/mol. The van der Waals surface area contributed by atoms with Gasteiger partial charge in [-0.3, -0.25) is 20.1 Å². The summed E-state index contributed by atoms with van der Waals surface area (Å²) in [6, 6.07) is 15.8. The van der Waals surface area contributed by atoms with E-state index in [0.717, 1.165) is 61.5 Å². The fourth-order valence-electron chi connectivity index (χ4n) is 3.86. The summed E-state index contributed by atoms with van der Waals surface area (Å²) in [6.07, 6.45) is 7.20. The minimum absolute atomic E-state index is 0.765. The Labute approximate surface area is 177 Å². The molecule has 7 heteroatoms. The molecule has 7 nitrogen and oxygen atoms in total. The van der Waals surface area contributed by atoms with Gasteiger partial charge in [0.1, 0.15) is 11.2 Å². The normalized spacial score (nSPS) is 11.4. The minimum Gasteiger partial charge on any atom is -0.353 e. The lowest BCUT2D eigenvalue weighted by Crippen LogP contribution is -1.89. The number of hydrogen-bond acceptors (Lipinski definition) is 5. The maximum atomic E-state index is 4.91. The lowest BCUT2D eigenvalue weighted by molar-refractivity contribution is 1.12. The average Bonchev–Trinajstić information content (AvgIpc) is 3.43. The SMILES string of the molecule is Cc1ccncc1-c1ccc2[nH]nc(-c3cc4c(-c5ccccn5)nccc4[nH]3)c2n1. The van der Waals surface area contributed by atoms with Crippen LogP contribution < -0.4 is 0 Å². The summed E-state index contributed by atoms with van der Waals surface area (Å²) >= 11 is 0. The Hall–Kier alpha value is -4.39. The Kier molecular flexibility index (Phi) is 3.86. The van der Waals surface area contributed by atoms with Crippen LogP contribution in [0.2, 0.25) is 0 Å². The third-order valence-electron chi connectivity index (χ3n) is 5.43. The summed E-state index contributed by atoms with van der Waals surface area (Å²) in [6.45, 7) is 2.06. The van der Waals surface area contributed by atoms with Crippen LogP contribution >= 0.6 is 0 Å². The van der Waals surface area contributed by atoms with E-state index in [1.807, 2.05) is 48.7 Å². The second-order valence-corrected chi connectivity index (χ2v) is 7.37. The standard InChI is InChI=1S/C24H17N7/c1-14-7-10-25-13-16(14)17-5-6-20-23(29-17)24(31-30-20)21-12-15-18(28-21)8-11-27-22(15)19-4-2-3-9-26-19/h2-13,28H,1H3,(H,30,31). The summed E-state index contributed by atoms with van der Waals surface area (Å²) < 4.78 is 0. The predicted octanol–water partition coefficient (Wildman–Crippen LogP) is 4.93. The first kappa shape index (κ1) is 17.5. The lowest BCUT2D eigenvalue weighted by Gasteiger charge is -2.04. The zero-order chi connectivity index (χ0) is 20.8. The molecule has 0 atom stereocenters. The van der Waals surface area contributed by atoms with Crippen molar-refractivity contribution in [3.05, 3.63) is 78.9 Å². The number of hydrogen-bond donors (Lipinski definition) is 2. The zero-order valence-corrected chi connectivity index (χ0v) is 16.7. The number of nitrogens with zero attached hydrogens (tertiary/aromatic N) is 5. The van der Waals surface area contributed by atoms with E-state index < -0.39 is 0 Å². The molecular weight excluding hydrogens is 386 g/mol. The van der Waals surface area contributed by atoms with Gasteiger partial charge in [0, 0.05) is 41.3 Å². The fourth-order valence-corrected chi connectivity index (χ4v) is 3.86. The largest absolute Gasteiger partial charge is 0.353 e. The van der Waals surface area contributed by atoms with Crippen molar-refractivity contribution in [1.82, 2.24) is 35.1 Å². The molecule has 0 spiro atoms. The second-order valence-electron chi connectivity index (χ2n) is 7.37. The van der Waals surface area contributed by atoms with Crippen LogP contribution in [0.15, 0.2) is 73.3 Å². The van der Waals surface area contributed by atoms with Crippen molar-refractivity contribution >= 4 is 21.9 Å². The van der Waals surface area contributed by atoms with Crippen LogP contribution in [0, 0.1) is 6.92 Å². The Bertz CT molecular complexity index is 1550. The van der Waals surface area contributed by atoms with Crippen LogP contribution in [0.5, 0.6) is 0 Å². The van der Waals surface area contributed by atoms with Gasteiger partial charge in [-0.25, -0.2) is 4.98 Å². The molecule has 6 heterocycles. The van der Waals surface area contributed by atoms with E-state index in [9.17, 15) is 0 Å². The van der Waals surface area contributed by atoms with Gasteiger partial charge in [-0.1, -0.05) is 6.07 Å². The van der Waals surface area contributed by atoms with Crippen LogP contribution in [0.3, 0.4) is 0 Å². The van der Waals surface area contributed by atoms with Crippen LogP contribution in [-0.2, 0) is 0 Å². The van der Waals surface area contributed by atoms with Crippen molar-refractivity contribution in [1.29, 1.82) is 0 Å². The first-order valence-corrected chi connectivity index (χ1v) is 9.93. The smallest absolute Gasteiger partial charge is 0.135 e. The Balaban J connectivity index is 1.52. The van der Waals surface area contributed by atoms with Gasteiger partial charge in [0.15, 0.2) is 0 Å². The van der Waals surface area contributed by atoms with Crippen LogP contribution in [-0.4, -0.2) is 35.1 Å². The predicted molar refractivity (Wildman–Crippen MR) is 120 cm³/mol. The molecule has 6 aromatic heterocycles. The van der Waals surface area contributed by atoms with E-state index in [0.29, 0.717) is 0 Å². The number of aromatic nitrogens is 7. The minimum atomic E-state index is 0.765. The molecule has 148 valence electrons. The molecule has 6 aromatic rings. The van der Waals surface area contributed by atoms with Gasteiger partial charge in [-0.2, -0.15) is 5.10 Å². The van der Waals surface area contributed by atoms with Gasteiger partial charge in [0.2, 0.25) is 0 Å². The number of fused-ring (bicyclic) bond motifs is 2. The highest BCUT2D eigenvalue weighted by Crippen LogP contribution is 2.32. The highest BCUT2D eigenvalue weighted by Gasteiger charge is 2.16. The Morgan fingerprint density at radius 3 is 2.65 bits per heavy atom. The first-order valence-electron chi connectivity index (χ1n) is 9.93. The van der Waals surface area contributed by atoms with Gasteiger partial charge >= 0.3 is 0 Å². The highest BCUT2D eigenvalue weighted by molar-refractivity contribution is 5.98. The topological polar surface area (TPSA) is 96.0 Å². The number of rotatable bonds is 3. The van der Waals surface area contributed by atoms with Crippen molar-refractivity contribution in [3.63, 3.8) is 0 Å². The zero-order valence-electron chi connectivity index (χ0n) is 16.7. The van der Waals surface area contributed by atoms with Crippen molar-refractivity contribution in [2.75, 3.05) is 0 Å². The first-order chi connectivity index (χ1) is 15.3. The molecule has 6 rings (SSSR count). The molecular formula is C24H17N7. The third-order valence-corrected chi connectivity index (χ3v) is 5.43. The molecule has 0 unspecified atom stereocenters. The molecule has 0 aliphatic heterocycles. The van der Waals surface area contributed by atoms with Gasteiger partial charge in [0.05, 0.1) is 28.3 Å². The number of aromatic amines is 2. The number of nitrogens with one attached hydrogen (secondary N) is 2. The summed E-state index contributed by atoms with van der Waals surface area (Å²) in [4.78, 5) is 21.7. The molecule has 0 fully saturated rings. The van der Waals surface area contributed by atoms with E-state index >= 15 is 0 Å². The second kappa shape index (κ2) is 6.84. The molecule has 0 saturated heterocycles. The molecule has 0 bridgehead atoms. The number of aryl methyl sites for hydroxylation is 1. The number of pyridine rings is 4. The van der Waals surface area contributed by atoms with E-state index in [1.54, 1.807) is 18.6 Å². The van der Waals surface area contributed by atoms with E-state index in [2.05, 4.69) is 43.1 Å². The Morgan fingerprint density at radius 2 is 1.77 bits per heavy atom. The van der Waals surface area contributed by atoms with Crippen molar-refractivity contribution in [2.45, 2.75) is 6.92 Å². The van der Waals surface area contributed by atoms with Gasteiger partial charge in [0.25, 0.3) is 0 Å². The van der Waals surface area contributed by atoms with Crippen molar-refractivity contribution in [3.8, 4) is 34.0 Å². The van der Waals surface area contributed by atoms with E-state index in [4.69, 9.17) is 4.98 Å². The summed E-state index contributed by atoms with van der Waals surface area (Å²) in [7, 11) is 0. The van der Waals surface area contributed by atoms with Crippen molar-refractivity contribution < 1.29 is 0 Å². The fraction of sp³-hybridized carbons (Fsp3) is 0.0417. The quantitative estimate of drug-likeness (QED) is 0.437. The van der Waals surface area contributed by atoms with Gasteiger partial charge < -0.3 is 4.98 Å². The molecule has 0 aromatic carbocycles. The molecule has 0 radical (unpaired) electrons. The van der Waals surface area contributed by atoms with E-state index in [1.165, 1.54) is 0 Å². The summed E-state index contributed by atoms with van der Waals surface area (Å²) in [5, 5.41) is 8.64. The van der Waals surface area contributed by atoms with E-state index in [-0.39, 0.29) is 0 Å². The molecule has 0 amide bonds. The molecule has 0 saturated carbocycles. The summed E-state index contributed by atoms with van der Waals surface area (Å²) in [5.74, 6) is 0. The van der Waals surface area contributed by atoms with Crippen LogP contribution in [0.25, 0.3) is 56.0 Å². The summed E-state index contributed by atoms with van der Waals surface area (Å²) in [5.41, 5.74) is 8.97. The highest BCUT2D eigenvalue weighted by atomic mass is 15.1. The van der Waals surface area contributed by atoms with Gasteiger partial charge in [-0.05, 0) is 55.0 Å². The monoisotopic (exact) mass is 403 g/mol. The lowest BCUT2D eigenvalue weighted by atomic mass is 10.1. The maximum Gasteiger partial charge on any atom is 0.135 e. The van der Waals surface area contributed by atoms with Crippen LogP contribution in [0.4, 0.5) is 0 Å². The Morgan fingerprint density at radius 1 is 0.806 bits per heavy atom. The van der Waals surface area contributed by atoms with Crippen LogP contribution in [0.1, 0.15) is 5.56 Å². The third kappa shape index (κ3) is 2.86. The molecule has 0 aliphatic rings.